The van der Waals surface area contributed by atoms with Gasteiger partial charge in [0.05, 0.1) is 11.3 Å². The first-order chi connectivity index (χ1) is 20.8. The number of sulfonamides is 1. The molecule has 1 fully saturated rings. The Labute approximate surface area is 257 Å². The minimum Gasteiger partial charge on any atom is -0.480 e. The smallest absolute Gasteiger partial charge is 0.345 e. The van der Waals surface area contributed by atoms with Crippen molar-refractivity contribution in [1.82, 2.24) is 10.0 Å². The predicted octanol–water partition coefficient (Wildman–Crippen LogP) is 4.51. The molecule has 2 aromatic carbocycles. The molecule has 14 heteroatoms. The lowest BCUT2D eigenvalue weighted by atomic mass is 9.82. The summed E-state index contributed by atoms with van der Waals surface area (Å²) in [5.74, 6) is -1.96. The van der Waals surface area contributed by atoms with Gasteiger partial charge in [0.1, 0.15) is 17.7 Å². The Morgan fingerprint density at radius 1 is 1.18 bits per heavy atom. The second-order valence-corrected chi connectivity index (χ2v) is 13.5. The van der Waals surface area contributed by atoms with E-state index >= 15 is 8.78 Å². The van der Waals surface area contributed by atoms with Gasteiger partial charge in [-0.3, -0.25) is 4.79 Å². The van der Waals surface area contributed by atoms with Gasteiger partial charge >= 0.3 is 6.61 Å². The number of primary amides is 1. The summed E-state index contributed by atoms with van der Waals surface area (Å²) in [5, 5.41) is 3.00. The molecule has 2 aliphatic carbocycles. The third kappa shape index (κ3) is 6.81. The maximum absolute atomic E-state index is 15.9. The van der Waals surface area contributed by atoms with Gasteiger partial charge in [-0.15, -0.1) is 0 Å². The summed E-state index contributed by atoms with van der Waals surface area (Å²) < 4.78 is 94.3. The van der Waals surface area contributed by atoms with E-state index in [2.05, 4.69) is 14.8 Å². The Kier molecular flexibility index (Phi) is 9.43. The zero-order valence-electron chi connectivity index (χ0n) is 23.7. The lowest BCUT2D eigenvalue weighted by Crippen LogP contribution is -2.48. The molecule has 2 aromatic rings. The molecule has 238 valence electrons. The maximum Gasteiger partial charge on any atom is 0.345 e. The van der Waals surface area contributed by atoms with Crippen LogP contribution in [-0.2, 0) is 31.6 Å². The van der Waals surface area contributed by atoms with Crippen molar-refractivity contribution in [2.45, 2.75) is 68.7 Å². The Morgan fingerprint density at radius 2 is 1.84 bits per heavy atom. The summed E-state index contributed by atoms with van der Waals surface area (Å²) in [5.41, 5.74) is 4.42. The highest BCUT2D eigenvalue weighted by atomic mass is 35.5. The van der Waals surface area contributed by atoms with Gasteiger partial charge in [0.15, 0.2) is 11.8 Å². The van der Waals surface area contributed by atoms with E-state index in [1.165, 1.54) is 0 Å². The molecule has 0 saturated heterocycles. The number of hydrogen-bond donors (Lipinski definition) is 3. The van der Waals surface area contributed by atoms with Gasteiger partial charge in [-0.2, -0.15) is 8.78 Å². The van der Waals surface area contributed by atoms with E-state index in [1.807, 2.05) is 30.3 Å². The standard InChI is InChI=1S/C30H32ClF4N3O5S/c1-44(40,41)38-18-9-7-17(8-10-18)37-15-30(16-5-3-2-4-6-16)14-20-23(43-30)13-21(32)26(31)24(20)25-19(28(36)39)11-12-22(27(25)33)42-29(34)35/h2-6,11-13,17-18,22,27,29,37-38H,7-10,14-15H2,1H3,(H2,36,39)/t17?,18?,22-,27?,30+/m0/s1. The first-order valence-corrected chi connectivity index (χ1v) is 16.3. The highest BCUT2D eigenvalue weighted by molar-refractivity contribution is 7.88. The van der Waals surface area contributed by atoms with Crippen molar-refractivity contribution in [3.8, 4) is 5.75 Å². The molecule has 0 bridgehead atoms. The molecule has 1 unspecified atom stereocenters. The molecule has 3 aliphatic rings. The molecule has 44 heavy (non-hydrogen) atoms. The minimum absolute atomic E-state index is 0.0236. The number of ether oxygens (including phenoxy) is 2. The molecule has 1 heterocycles. The van der Waals surface area contributed by atoms with Crippen LogP contribution in [0.15, 0.2) is 54.1 Å². The Balaban J connectivity index is 1.50. The summed E-state index contributed by atoms with van der Waals surface area (Å²) in [6.45, 7) is -3.08. The van der Waals surface area contributed by atoms with Crippen LogP contribution in [0.4, 0.5) is 17.6 Å². The fourth-order valence-electron chi connectivity index (χ4n) is 6.26. The van der Waals surface area contributed by atoms with E-state index in [4.69, 9.17) is 22.1 Å². The number of rotatable bonds is 10. The van der Waals surface area contributed by atoms with Gasteiger partial charge < -0.3 is 20.5 Å². The molecule has 0 radical (unpaired) electrons. The van der Waals surface area contributed by atoms with E-state index < -0.39 is 56.8 Å². The number of amides is 1. The number of halogens is 5. The van der Waals surface area contributed by atoms with Gasteiger partial charge in [-0.05, 0) is 31.2 Å². The van der Waals surface area contributed by atoms with E-state index in [1.54, 1.807) is 0 Å². The second kappa shape index (κ2) is 12.8. The van der Waals surface area contributed by atoms with Crippen molar-refractivity contribution in [1.29, 1.82) is 0 Å². The normalized spacial score (nSPS) is 27.0. The quantitative estimate of drug-likeness (QED) is 0.324. The summed E-state index contributed by atoms with van der Waals surface area (Å²) in [6, 6.07) is 10.1. The summed E-state index contributed by atoms with van der Waals surface area (Å²) in [7, 11) is -3.33. The molecule has 1 aliphatic heterocycles. The number of hydrogen-bond acceptors (Lipinski definition) is 6. The van der Waals surface area contributed by atoms with Gasteiger partial charge in [-0.1, -0.05) is 54.1 Å². The van der Waals surface area contributed by atoms with Crippen LogP contribution in [0.3, 0.4) is 0 Å². The molecule has 3 atom stereocenters. The number of benzene rings is 2. The highest BCUT2D eigenvalue weighted by Crippen LogP contribution is 2.50. The number of nitrogens with one attached hydrogen (secondary N) is 2. The van der Waals surface area contributed by atoms with Crippen molar-refractivity contribution in [3.63, 3.8) is 0 Å². The highest BCUT2D eigenvalue weighted by Gasteiger charge is 2.46. The van der Waals surface area contributed by atoms with E-state index in [-0.39, 0.29) is 47.5 Å². The van der Waals surface area contributed by atoms with Crippen molar-refractivity contribution in [2.75, 3.05) is 12.8 Å². The first kappa shape index (κ1) is 32.4. The summed E-state index contributed by atoms with van der Waals surface area (Å²) in [6.07, 6.45) is 1.76. The largest absolute Gasteiger partial charge is 0.480 e. The fraction of sp³-hybridized carbons (Fsp3) is 0.433. The SMILES string of the molecule is CS(=O)(=O)NC1CCC(NC[C@@]2(c3ccccc3)Cc3c(cc(F)c(Cl)c3C3=C(C(N)=O)C=C[C@H](OC(F)F)C3F)O2)CC1. The Hall–Kier alpha value is -2.97. The predicted molar refractivity (Wildman–Crippen MR) is 157 cm³/mol. The lowest BCUT2D eigenvalue weighted by molar-refractivity contribution is -0.159. The molecule has 5 rings (SSSR count). The van der Waals surface area contributed by atoms with Gasteiger partial charge in [0, 0.05) is 53.4 Å². The van der Waals surface area contributed by atoms with E-state index in [0.29, 0.717) is 25.7 Å². The molecule has 1 saturated carbocycles. The molecule has 8 nitrogen and oxygen atoms in total. The lowest BCUT2D eigenvalue weighted by Gasteiger charge is -2.34. The average molecular weight is 658 g/mol. The zero-order chi connectivity index (χ0) is 31.8. The van der Waals surface area contributed by atoms with Crippen LogP contribution < -0.4 is 20.5 Å². The number of alkyl halides is 3. The number of carbonyl (C=O) groups excluding carboxylic acids is 1. The number of fused-ring (bicyclic) bond motifs is 1. The monoisotopic (exact) mass is 657 g/mol. The van der Waals surface area contributed by atoms with Crippen LogP contribution >= 0.6 is 11.6 Å². The molecule has 1 amide bonds. The van der Waals surface area contributed by atoms with Gasteiger partial charge in [0.25, 0.3) is 0 Å². The fourth-order valence-corrected chi connectivity index (χ4v) is 7.37. The third-order valence-corrected chi connectivity index (χ3v) is 9.37. The Bertz CT molecular complexity index is 1580. The molecule has 4 N–H and O–H groups in total. The van der Waals surface area contributed by atoms with Crippen LogP contribution in [-0.4, -0.2) is 58.1 Å². The maximum atomic E-state index is 15.9. The van der Waals surface area contributed by atoms with Crippen LogP contribution in [0.25, 0.3) is 5.57 Å². The first-order valence-electron chi connectivity index (χ1n) is 14.0. The number of nitrogens with two attached hydrogens (primary N) is 1. The molecule has 0 aromatic heterocycles. The van der Waals surface area contributed by atoms with Crippen molar-refractivity contribution >= 4 is 33.1 Å². The average Bonchev–Trinajstić information content (AvgIpc) is 3.33. The topological polar surface area (TPSA) is 120 Å². The van der Waals surface area contributed by atoms with E-state index in [9.17, 15) is 22.0 Å². The summed E-state index contributed by atoms with van der Waals surface area (Å²) in [4.78, 5) is 12.4. The Morgan fingerprint density at radius 3 is 2.45 bits per heavy atom. The van der Waals surface area contributed by atoms with Crippen LogP contribution in [0.1, 0.15) is 42.4 Å². The van der Waals surface area contributed by atoms with Crippen LogP contribution in [0, 0.1) is 5.82 Å². The van der Waals surface area contributed by atoms with Gasteiger partial charge in [-0.25, -0.2) is 21.9 Å². The molecule has 0 spiro atoms. The number of carbonyl (C=O) groups is 1. The van der Waals surface area contributed by atoms with Crippen LogP contribution in [0.5, 0.6) is 5.75 Å². The molecular weight excluding hydrogens is 626 g/mol. The summed E-state index contributed by atoms with van der Waals surface area (Å²) >= 11 is 6.44. The second-order valence-electron chi connectivity index (χ2n) is 11.3. The van der Waals surface area contributed by atoms with Crippen molar-refractivity contribution < 1.29 is 40.2 Å². The third-order valence-electron chi connectivity index (χ3n) is 8.24. The molecular formula is C30H32ClF4N3O5S. The van der Waals surface area contributed by atoms with Crippen LogP contribution in [0.2, 0.25) is 5.02 Å². The van der Waals surface area contributed by atoms with Crippen molar-refractivity contribution in [2.24, 2.45) is 5.73 Å². The minimum atomic E-state index is -3.33. The van der Waals surface area contributed by atoms with Gasteiger partial charge in [0.2, 0.25) is 15.9 Å². The zero-order valence-corrected chi connectivity index (χ0v) is 25.2. The van der Waals surface area contributed by atoms with E-state index in [0.717, 1.165) is 30.0 Å². The van der Waals surface area contributed by atoms with Crippen molar-refractivity contribution in [3.05, 3.63) is 81.7 Å².